The predicted octanol–water partition coefficient (Wildman–Crippen LogP) is 2.72. The monoisotopic (exact) mass is 518 g/mol. The number of carbonyl (C=O) groups excluding carboxylic acids is 1. The SMILES string of the molecule is O=C(O)CCCCCCc1cccc(NC(=O)c2ccccc2-n2nc3c([n+]2[O-])CCc2c-3no[n+]2[O-])c1. The van der Waals surface area contributed by atoms with Gasteiger partial charge in [-0.2, -0.15) is 0 Å². The molecular formula is C26H26N6O6. The van der Waals surface area contributed by atoms with Crippen molar-refractivity contribution < 1.29 is 29.1 Å². The van der Waals surface area contributed by atoms with Crippen molar-refractivity contribution in [2.45, 2.75) is 51.4 Å². The van der Waals surface area contributed by atoms with Gasteiger partial charge in [-0.05, 0) is 58.8 Å². The van der Waals surface area contributed by atoms with E-state index in [2.05, 4.69) is 20.2 Å². The summed E-state index contributed by atoms with van der Waals surface area (Å²) in [6.07, 6.45) is 4.99. The summed E-state index contributed by atoms with van der Waals surface area (Å²) in [4.78, 5) is 25.9. The molecule has 0 fully saturated rings. The van der Waals surface area contributed by atoms with Crippen molar-refractivity contribution in [3.63, 3.8) is 0 Å². The minimum absolute atomic E-state index is 0.192. The fourth-order valence-corrected chi connectivity index (χ4v) is 4.64. The Morgan fingerprint density at radius 1 is 1.00 bits per heavy atom. The molecule has 1 amide bonds. The second-order valence-electron chi connectivity index (χ2n) is 9.16. The fourth-order valence-electron chi connectivity index (χ4n) is 4.64. The molecule has 0 spiro atoms. The minimum Gasteiger partial charge on any atom is -0.692 e. The van der Waals surface area contributed by atoms with Gasteiger partial charge in [0.15, 0.2) is 5.69 Å². The van der Waals surface area contributed by atoms with Crippen molar-refractivity contribution in [1.29, 1.82) is 0 Å². The lowest BCUT2D eigenvalue weighted by Crippen LogP contribution is -2.42. The molecule has 2 heterocycles. The zero-order chi connectivity index (χ0) is 26.6. The lowest BCUT2D eigenvalue weighted by molar-refractivity contribution is -0.808. The summed E-state index contributed by atoms with van der Waals surface area (Å²) >= 11 is 0. The number of aliphatic carboxylic acids is 1. The van der Waals surface area contributed by atoms with Crippen molar-refractivity contribution in [3.8, 4) is 17.1 Å². The molecule has 0 aliphatic heterocycles. The van der Waals surface area contributed by atoms with Crippen molar-refractivity contribution in [3.05, 3.63) is 81.5 Å². The van der Waals surface area contributed by atoms with Crippen LogP contribution in [0.1, 0.15) is 59.4 Å². The van der Waals surface area contributed by atoms with Gasteiger partial charge in [-0.3, -0.25) is 14.2 Å². The molecule has 12 nitrogen and oxygen atoms in total. The first-order valence-electron chi connectivity index (χ1n) is 12.4. The van der Waals surface area contributed by atoms with Gasteiger partial charge < -0.3 is 20.8 Å². The third-order valence-corrected chi connectivity index (χ3v) is 6.55. The van der Waals surface area contributed by atoms with E-state index in [0.29, 0.717) is 39.7 Å². The maximum absolute atomic E-state index is 13.3. The molecule has 0 unspecified atom stereocenters. The van der Waals surface area contributed by atoms with Crippen LogP contribution in [-0.4, -0.2) is 32.0 Å². The van der Waals surface area contributed by atoms with E-state index in [-0.39, 0.29) is 35.5 Å². The summed E-state index contributed by atoms with van der Waals surface area (Å²) in [5.74, 6) is -1.17. The van der Waals surface area contributed by atoms with Crippen LogP contribution in [0.4, 0.5) is 5.69 Å². The summed E-state index contributed by atoms with van der Waals surface area (Å²) < 4.78 is 4.68. The molecule has 2 N–H and O–H groups in total. The number of nitrogens with one attached hydrogen (secondary N) is 1. The van der Waals surface area contributed by atoms with Gasteiger partial charge in [0, 0.05) is 24.9 Å². The van der Waals surface area contributed by atoms with E-state index >= 15 is 0 Å². The average Bonchev–Trinajstić information content (AvgIpc) is 3.46. The van der Waals surface area contributed by atoms with Crippen LogP contribution in [0.15, 0.2) is 53.2 Å². The van der Waals surface area contributed by atoms with E-state index in [1.54, 1.807) is 30.3 Å². The van der Waals surface area contributed by atoms with E-state index in [0.717, 1.165) is 36.0 Å². The Balaban J connectivity index is 1.31. The maximum Gasteiger partial charge on any atom is 0.303 e. The van der Waals surface area contributed by atoms with Crippen molar-refractivity contribution >= 4 is 17.6 Å². The Kier molecular flexibility index (Phi) is 7.03. The highest BCUT2D eigenvalue weighted by molar-refractivity contribution is 6.06. The number of unbranched alkanes of at least 4 members (excludes halogenated alkanes) is 3. The Labute approximate surface area is 217 Å². The minimum atomic E-state index is -0.770. The highest BCUT2D eigenvalue weighted by Gasteiger charge is 2.39. The number of amides is 1. The van der Waals surface area contributed by atoms with Crippen molar-refractivity contribution in [2.75, 3.05) is 5.32 Å². The number of para-hydroxylation sites is 1. The third-order valence-electron chi connectivity index (χ3n) is 6.55. The quantitative estimate of drug-likeness (QED) is 0.184. The standard InChI is InChI=1S/C26H26N6O6/c33-23(34)13-4-2-1-3-8-17-9-7-10-18(16-17)27-26(35)19-11-5-6-12-20(19)30-28-24-21(31(30)36)14-15-22-25(24)29-38-32(22)37/h5-7,9-12,16H,1-4,8,13-15H2,(H,27,35)(H,33,34). The Hall–Kier alpha value is -4.74. The second kappa shape index (κ2) is 10.7. The largest absolute Gasteiger partial charge is 0.692 e. The number of rotatable bonds is 10. The molecule has 12 heteroatoms. The first kappa shape index (κ1) is 24.9. The Bertz CT molecular complexity index is 1490. The summed E-state index contributed by atoms with van der Waals surface area (Å²) in [5.41, 5.74) is 3.36. The molecule has 0 saturated carbocycles. The number of carboxylic acids is 1. The van der Waals surface area contributed by atoms with Crippen LogP contribution in [0, 0.1) is 10.4 Å². The third kappa shape index (κ3) is 5.05. The number of anilines is 1. The van der Waals surface area contributed by atoms with E-state index in [9.17, 15) is 20.0 Å². The van der Waals surface area contributed by atoms with Gasteiger partial charge in [-0.1, -0.05) is 37.1 Å². The zero-order valence-corrected chi connectivity index (χ0v) is 20.5. The lowest BCUT2D eigenvalue weighted by Gasteiger charge is -2.12. The van der Waals surface area contributed by atoms with Crippen LogP contribution in [0.3, 0.4) is 0 Å². The molecule has 2 aromatic carbocycles. The number of carboxylic acid groups (broad SMARTS) is 1. The molecule has 0 atom stereocenters. The normalized spacial score (nSPS) is 12.1. The number of hydrogen-bond acceptors (Lipinski definition) is 7. The lowest BCUT2D eigenvalue weighted by atomic mass is 10.0. The highest BCUT2D eigenvalue weighted by atomic mass is 16.8. The molecule has 0 saturated heterocycles. The summed E-state index contributed by atoms with van der Waals surface area (Å²) in [6, 6.07) is 14.2. The van der Waals surface area contributed by atoms with E-state index in [4.69, 9.17) is 5.11 Å². The van der Waals surface area contributed by atoms with E-state index < -0.39 is 11.9 Å². The van der Waals surface area contributed by atoms with Gasteiger partial charge in [-0.25, -0.2) is 0 Å². The van der Waals surface area contributed by atoms with Crippen LogP contribution < -0.4 is 15.1 Å². The molecule has 38 heavy (non-hydrogen) atoms. The molecule has 0 bridgehead atoms. The van der Waals surface area contributed by atoms with E-state index in [1.807, 2.05) is 18.2 Å². The highest BCUT2D eigenvalue weighted by Crippen LogP contribution is 2.28. The molecule has 0 radical (unpaired) electrons. The number of carbonyl (C=O) groups is 2. The van der Waals surface area contributed by atoms with Crippen LogP contribution >= 0.6 is 0 Å². The molecule has 196 valence electrons. The molecule has 1 aliphatic rings. The van der Waals surface area contributed by atoms with Gasteiger partial charge in [0.05, 0.1) is 15.8 Å². The smallest absolute Gasteiger partial charge is 0.303 e. The summed E-state index contributed by atoms with van der Waals surface area (Å²) in [5, 5.41) is 44.7. The van der Waals surface area contributed by atoms with Crippen molar-refractivity contribution in [1.82, 2.24) is 15.1 Å². The maximum atomic E-state index is 13.3. The number of hydrogen-bond donors (Lipinski definition) is 2. The number of aromatic nitrogens is 5. The Morgan fingerprint density at radius 3 is 2.63 bits per heavy atom. The van der Waals surface area contributed by atoms with Gasteiger partial charge in [0.1, 0.15) is 5.69 Å². The fraction of sp³-hybridized carbons (Fsp3) is 0.308. The summed E-state index contributed by atoms with van der Waals surface area (Å²) in [6.45, 7) is 0. The second-order valence-corrected chi connectivity index (χ2v) is 9.16. The number of nitrogens with zero attached hydrogens (tertiary/aromatic N) is 5. The Morgan fingerprint density at radius 2 is 1.79 bits per heavy atom. The van der Waals surface area contributed by atoms with Crippen molar-refractivity contribution in [2.24, 2.45) is 0 Å². The molecule has 1 aliphatic carbocycles. The van der Waals surface area contributed by atoms with Gasteiger partial charge in [-0.15, -0.1) is 4.85 Å². The van der Waals surface area contributed by atoms with Crippen LogP contribution in [0.5, 0.6) is 0 Å². The first-order valence-corrected chi connectivity index (χ1v) is 12.4. The average molecular weight is 519 g/mol. The first-order chi connectivity index (χ1) is 18.4. The molecule has 4 aromatic rings. The number of benzene rings is 2. The zero-order valence-electron chi connectivity index (χ0n) is 20.5. The predicted molar refractivity (Wildman–Crippen MR) is 133 cm³/mol. The van der Waals surface area contributed by atoms with E-state index in [1.165, 1.54) is 0 Å². The van der Waals surface area contributed by atoms with Gasteiger partial charge in [0.2, 0.25) is 5.69 Å². The van der Waals surface area contributed by atoms with Gasteiger partial charge in [0.25, 0.3) is 5.91 Å². The van der Waals surface area contributed by atoms with Crippen LogP contribution in [0.2, 0.25) is 0 Å². The molecule has 5 rings (SSSR count). The van der Waals surface area contributed by atoms with Crippen LogP contribution in [0.25, 0.3) is 17.1 Å². The number of aryl methyl sites for hydroxylation is 1. The van der Waals surface area contributed by atoms with Gasteiger partial charge >= 0.3 is 17.4 Å². The number of fused-ring (bicyclic) bond motifs is 3. The summed E-state index contributed by atoms with van der Waals surface area (Å²) in [7, 11) is 0. The molecular weight excluding hydrogens is 492 g/mol. The van der Waals surface area contributed by atoms with Crippen LogP contribution in [-0.2, 0) is 24.1 Å². The molecule has 2 aromatic heterocycles. The topological polar surface area (TPSA) is 164 Å².